The third-order valence-electron chi connectivity index (χ3n) is 4.86. The van der Waals surface area contributed by atoms with E-state index in [-0.39, 0.29) is 11.4 Å². The van der Waals surface area contributed by atoms with Crippen molar-refractivity contribution in [3.05, 3.63) is 18.0 Å². The number of piperidine rings is 1. The predicted octanol–water partition coefficient (Wildman–Crippen LogP) is 1.44. The monoisotopic (exact) mass is 276 g/mol. The Morgan fingerprint density at radius 2 is 2.35 bits per heavy atom. The molecular formula is C15H24N4O. The molecule has 1 aromatic heterocycles. The van der Waals surface area contributed by atoms with Crippen LogP contribution in [-0.2, 0) is 18.4 Å². The topological polar surface area (TPSA) is 50.2 Å². The number of aryl methyl sites for hydroxylation is 1. The van der Waals surface area contributed by atoms with E-state index in [4.69, 9.17) is 0 Å². The first kappa shape index (κ1) is 13.6. The third-order valence-corrected chi connectivity index (χ3v) is 4.86. The molecule has 1 aromatic rings. The number of amides is 1. The fraction of sp³-hybridized carbons (Fsp3) is 0.733. The summed E-state index contributed by atoms with van der Waals surface area (Å²) in [5.41, 5.74) is 1.28. The lowest BCUT2D eigenvalue weighted by Gasteiger charge is -2.48. The first-order valence-electron chi connectivity index (χ1n) is 7.65. The molecule has 2 aliphatic heterocycles. The molecule has 2 aliphatic rings. The lowest BCUT2D eigenvalue weighted by molar-refractivity contribution is -0.120. The van der Waals surface area contributed by atoms with E-state index in [9.17, 15) is 4.79 Å². The molecule has 2 fully saturated rings. The number of rotatable bonds is 3. The number of carbonyl (C=O) groups is 1. The summed E-state index contributed by atoms with van der Waals surface area (Å²) in [6.07, 6.45) is 9.09. The van der Waals surface area contributed by atoms with Gasteiger partial charge in [-0.3, -0.25) is 14.4 Å². The molecule has 1 spiro atoms. The summed E-state index contributed by atoms with van der Waals surface area (Å²) >= 11 is 0. The Morgan fingerprint density at radius 1 is 1.50 bits per heavy atom. The zero-order valence-corrected chi connectivity index (χ0v) is 12.4. The number of hydrogen-bond donors (Lipinski definition) is 1. The van der Waals surface area contributed by atoms with Crippen molar-refractivity contribution < 1.29 is 4.79 Å². The molecule has 0 aromatic carbocycles. The van der Waals surface area contributed by atoms with Crippen molar-refractivity contribution in [2.75, 3.05) is 6.54 Å². The minimum atomic E-state index is 0.0201. The lowest BCUT2D eigenvalue weighted by atomic mass is 9.78. The number of carbonyl (C=O) groups excluding carboxylic acids is 1. The van der Waals surface area contributed by atoms with Gasteiger partial charge >= 0.3 is 0 Å². The summed E-state index contributed by atoms with van der Waals surface area (Å²) in [5, 5.41) is 7.54. The van der Waals surface area contributed by atoms with Crippen molar-refractivity contribution >= 4 is 5.91 Å². The van der Waals surface area contributed by atoms with E-state index in [2.05, 4.69) is 28.4 Å². The highest BCUT2D eigenvalue weighted by atomic mass is 16.2. The summed E-state index contributed by atoms with van der Waals surface area (Å²) in [5.74, 6) is 0.228. The summed E-state index contributed by atoms with van der Waals surface area (Å²) in [6.45, 7) is 4.29. The van der Waals surface area contributed by atoms with Crippen molar-refractivity contribution in [2.45, 2.75) is 57.2 Å². The molecule has 0 radical (unpaired) electrons. The summed E-state index contributed by atoms with van der Waals surface area (Å²) in [6, 6.07) is 0.447. The zero-order valence-electron chi connectivity index (χ0n) is 12.4. The number of nitrogens with zero attached hydrogens (tertiary/aromatic N) is 3. The fourth-order valence-corrected chi connectivity index (χ4v) is 4.07. The zero-order chi connectivity index (χ0) is 14.2. The van der Waals surface area contributed by atoms with Gasteiger partial charge in [-0.25, -0.2) is 0 Å². The summed E-state index contributed by atoms with van der Waals surface area (Å²) in [7, 11) is 1.95. The highest BCUT2D eigenvalue weighted by Gasteiger charge is 2.47. The Bertz CT molecular complexity index is 498. The van der Waals surface area contributed by atoms with E-state index in [0.29, 0.717) is 12.5 Å². The van der Waals surface area contributed by atoms with Gasteiger partial charge in [-0.05, 0) is 32.2 Å². The van der Waals surface area contributed by atoms with E-state index in [1.807, 2.05) is 17.9 Å². The van der Waals surface area contributed by atoms with Crippen molar-refractivity contribution in [2.24, 2.45) is 7.05 Å². The van der Waals surface area contributed by atoms with Gasteiger partial charge in [-0.2, -0.15) is 5.10 Å². The molecule has 5 nitrogen and oxygen atoms in total. The number of hydrogen-bond acceptors (Lipinski definition) is 3. The maximum atomic E-state index is 11.7. The number of aromatic nitrogens is 2. The van der Waals surface area contributed by atoms with Crippen LogP contribution in [0, 0.1) is 0 Å². The summed E-state index contributed by atoms with van der Waals surface area (Å²) in [4.78, 5) is 14.2. The van der Waals surface area contributed by atoms with Crippen LogP contribution in [0.25, 0.3) is 0 Å². The van der Waals surface area contributed by atoms with Crippen LogP contribution in [0.4, 0.5) is 0 Å². The number of likely N-dealkylation sites (tertiary alicyclic amines) is 1. The van der Waals surface area contributed by atoms with E-state index in [0.717, 1.165) is 38.8 Å². The van der Waals surface area contributed by atoms with Gasteiger partial charge in [-0.15, -0.1) is 0 Å². The molecule has 0 unspecified atom stereocenters. The van der Waals surface area contributed by atoms with Crippen LogP contribution in [-0.4, -0.2) is 38.7 Å². The third kappa shape index (κ3) is 2.35. The Labute approximate surface area is 120 Å². The van der Waals surface area contributed by atoms with Gasteiger partial charge in [0.25, 0.3) is 0 Å². The molecule has 2 saturated heterocycles. The van der Waals surface area contributed by atoms with Crippen molar-refractivity contribution in [1.82, 2.24) is 20.0 Å². The smallest absolute Gasteiger partial charge is 0.220 e. The van der Waals surface area contributed by atoms with Crippen molar-refractivity contribution in [3.8, 4) is 0 Å². The minimum absolute atomic E-state index is 0.0201. The molecule has 2 atom stereocenters. The molecule has 0 saturated carbocycles. The minimum Gasteiger partial charge on any atom is -0.349 e. The van der Waals surface area contributed by atoms with Gasteiger partial charge in [0.05, 0.1) is 11.7 Å². The van der Waals surface area contributed by atoms with Crippen molar-refractivity contribution in [3.63, 3.8) is 0 Å². The van der Waals surface area contributed by atoms with E-state index in [1.54, 1.807) is 0 Å². The molecule has 0 bridgehead atoms. The van der Waals surface area contributed by atoms with Gasteiger partial charge in [0, 0.05) is 37.8 Å². The molecule has 110 valence electrons. The standard InChI is InChI=1S/C15H24N4O/c1-3-13-15(7-5-14(20)17-15)6-4-8-19(13)11-12-9-16-18(2)10-12/h9-10,13H,3-8,11H2,1-2H3,(H,17,20)/t13-,15-/m0/s1. The van der Waals surface area contributed by atoms with Gasteiger partial charge in [-0.1, -0.05) is 6.92 Å². The Hall–Kier alpha value is -1.36. The Kier molecular flexibility index (Phi) is 3.54. The maximum absolute atomic E-state index is 11.7. The highest BCUT2D eigenvalue weighted by molar-refractivity contribution is 5.79. The van der Waals surface area contributed by atoms with E-state index >= 15 is 0 Å². The molecule has 0 aliphatic carbocycles. The second-order valence-corrected chi connectivity index (χ2v) is 6.22. The van der Waals surface area contributed by atoms with Gasteiger partial charge in [0.1, 0.15) is 0 Å². The van der Waals surface area contributed by atoms with E-state index < -0.39 is 0 Å². The molecule has 1 amide bonds. The van der Waals surface area contributed by atoms with Crippen LogP contribution in [0.2, 0.25) is 0 Å². The average molecular weight is 276 g/mol. The van der Waals surface area contributed by atoms with Crippen LogP contribution in [0.5, 0.6) is 0 Å². The second kappa shape index (κ2) is 5.20. The normalized spacial score (nSPS) is 30.9. The first-order valence-corrected chi connectivity index (χ1v) is 7.65. The van der Waals surface area contributed by atoms with Crippen LogP contribution in [0.3, 0.4) is 0 Å². The molecule has 3 heterocycles. The Morgan fingerprint density at radius 3 is 2.95 bits per heavy atom. The second-order valence-electron chi connectivity index (χ2n) is 6.22. The Balaban J connectivity index is 1.78. The van der Waals surface area contributed by atoms with Crippen LogP contribution >= 0.6 is 0 Å². The van der Waals surface area contributed by atoms with E-state index in [1.165, 1.54) is 5.56 Å². The maximum Gasteiger partial charge on any atom is 0.220 e. The van der Waals surface area contributed by atoms with Gasteiger partial charge in [0.2, 0.25) is 5.91 Å². The molecule has 20 heavy (non-hydrogen) atoms. The van der Waals surface area contributed by atoms with Crippen LogP contribution in [0.15, 0.2) is 12.4 Å². The van der Waals surface area contributed by atoms with Crippen molar-refractivity contribution in [1.29, 1.82) is 0 Å². The fourth-order valence-electron chi connectivity index (χ4n) is 4.07. The largest absolute Gasteiger partial charge is 0.349 e. The lowest BCUT2D eigenvalue weighted by Crippen LogP contribution is -2.61. The first-order chi connectivity index (χ1) is 9.63. The highest BCUT2D eigenvalue weighted by Crippen LogP contribution is 2.37. The van der Waals surface area contributed by atoms with Gasteiger partial charge in [0.15, 0.2) is 0 Å². The summed E-state index contributed by atoms with van der Waals surface area (Å²) < 4.78 is 1.85. The van der Waals surface area contributed by atoms with Crippen LogP contribution in [0.1, 0.15) is 44.6 Å². The molecule has 5 heteroatoms. The van der Waals surface area contributed by atoms with Crippen LogP contribution < -0.4 is 5.32 Å². The molecule has 1 N–H and O–H groups in total. The molecule has 3 rings (SSSR count). The SMILES string of the molecule is CC[C@@H]1N(Cc2cnn(C)c2)CCC[C@]12CCC(=O)N2. The number of nitrogens with one attached hydrogen (secondary N) is 1. The quantitative estimate of drug-likeness (QED) is 0.909. The average Bonchev–Trinajstić information content (AvgIpc) is 2.97. The predicted molar refractivity (Wildman–Crippen MR) is 77.0 cm³/mol. The van der Waals surface area contributed by atoms with Gasteiger partial charge < -0.3 is 5.32 Å². The molecular weight excluding hydrogens is 252 g/mol.